The molecule has 1 aliphatic carbocycles. The Morgan fingerprint density at radius 2 is 1.93 bits per heavy atom. The number of aryl methyl sites for hydroxylation is 2. The minimum atomic E-state index is 0.512. The van der Waals surface area contributed by atoms with Crippen molar-refractivity contribution in [3.8, 4) is 0 Å². The van der Waals surface area contributed by atoms with Crippen molar-refractivity contribution in [3.05, 3.63) is 34.9 Å². The molecular weight excluding hydrogens is 204 g/mol. The molecule has 0 spiro atoms. The van der Waals surface area contributed by atoms with Gasteiger partial charge in [0.25, 0.3) is 0 Å². The van der Waals surface area contributed by atoms with Gasteiger partial charge in [0, 0.05) is 5.88 Å². The number of alkyl halides is 1. The first-order valence-corrected chi connectivity index (χ1v) is 6.43. The zero-order valence-electron chi connectivity index (χ0n) is 9.59. The van der Waals surface area contributed by atoms with Crippen LogP contribution in [0.25, 0.3) is 0 Å². The highest BCUT2D eigenvalue weighted by Gasteiger charge is 2.17. The third kappa shape index (κ3) is 2.20. The van der Waals surface area contributed by atoms with Crippen LogP contribution in [0.5, 0.6) is 0 Å². The van der Waals surface area contributed by atoms with Crippen molar-refractivity contribution in [2.24, 2.45) is 5.92 Å². The minimum Gasteiger partial charge on any atom is -0.126 e. The topological polar surface area (TPSA) is 0 Å². The standard InChI is InChI=1S/C14H19Cl/c1-10(2)14(9-15)13-7-6-11-4-3-5-12(11)8-13/h6-8,10,14H,3-5,9H2,1-2H3. The van der Waals surface area contributed by atoms with Crippen LogP contribution in [0.15, 0.2) is 18.2 Å². The lowest BCUT2D eigenvalue weighted by molar-refractivity contribution is 0.539. The molecule has 0 aliphatic heterocycles. The molecule has 1 atom stereocenters. The number of benzene rings is 1. The second-order valence-corrected chi connectivity index (χ2v) is 5.20. The van der Waals surface area contributed by atoms with E-state index >= 15 is 0 Å². The molecule has 1 aromatic carbocycles. The Bertz CT molecular complexity index is 341. The Morgan fingerprint density at radius 1 is 1.20 bits per heavy atom. The van der Waals surface area contributed by atoms with Crippen LogP contribution >= 0.6 is 11.6 Å². The lowest BCUT2D eigenvalue weighted by Crippen LogP contribution is -2.08. The van der Waals surface area contributed by atoms with Crippen LogP contribution in [0.4, 0.5) is 0 Å². The first-order chi connectivity index (χ1) is 7.22. The summed E-state index contributed by atoms with van der Waals surface area (Å²) in [4.78, 5) is 0. The van der Waals surface area contributed by atoms with Crippen LogP contribution in [0.2, 0.25) is 0 Å². The molecule has 1 unspecified atom stereocenters. The smallest absolute Gasteiger partial charge is 0.0294 e. The highest BCUT2D eigenvalue weighted by molar-refractivity contribution is 6.18. The van der Waals surface area contributed by atoms with Gasteiger partial charge in [-0.15, -0.1) is 11.6 Å². The maximum atomic E-state index is 6.05. The van der Waals surface area contributed by atoms with E-state index in [-0.39, 0.29) is 0 Å². The maximum absolute atomic E-state index is 6.05. The van der Waals surface area contributed by atoms with E-state index < -0.39 is 0 Å². The predicted molar refractivity (Wildman–Crippen MR) is 66.8 cm³/mol. The van der Waals surface area contributed by atoms with E-state index in [1.807, 2.05) is 0 Å². The first kappa shape index (κ1) is 11.0. The summed E-state index contributed by atoms with van der Waals surface area (Å²) in [7, 11) is 0. The Balaban J connectivity index is 2.28. The van der Waals surface area contributed by atoms with Crippen molar-refractivity contribution < 1.29 is 0 Å². The van der Waals surface area contributed by atoms with E-state index in [4.69, 9.17) is 11.6 Å². The molecule has 1 aromatic rings. The molecule has 0 bridgehead atoms. The van der Waals surface area contributed by atoms with Crippen LogP contribution in [0, 0.1) is 5.92 Å². The third-order valence-corrected chi connectivity index (χ3v) is 3.85. The Hall–Kier alpha value is -0.490. The Kier molecular flexibility index (Phi) is 3.35. The summed E-state index contributed by atoms with van der Waals surface area (Å²) in [5, 5.41) is 0. The third-order valence-electron chi connectivity index (χ3n) is 3.52. The molecule has 82 valence electrons. The minimum absolute atomic E-state index is 0.512. The summed E-state index contributed by atoms with van der Waals surface area (Å²) < 4.78 is 0. The van der Waals surface area contributed by atoms with Crippen LogP contribution < -0.4 is 0 Å². The van der Waals surface area contributed by atoms with Crippen molar-refractivity contribution in [1.29, 1.82) is 0 Å². The molecule has 0 N–H and O–H groups in total. The Morgan fingerprint density at radius 3 is 2.60 bits per heavy atom. The van der Waals surface area contributed by atoms with Gasteiger partial charge in [0.05, 0.1) is 0 Å². The number of hydrogen-bond acceptors (Lipinski definition) is 0. The second-order valence-electron chi connectivity index (χ2n) is 4.89. The highest BCUT2D eigenvalue weighted by atomic mass is 35.5. The molecule has 0 heterocycles. The van der Waals surface area contributed by atoms with Crippen molar-refractivity contribution in [2.75, 3.05) is 5.88 Å². The summed E-state index contributed by atoms with van der Waals surface area (Å²) in [6.45, 7) is 4.50. The summed E-state index contributed by atoms with van der Waals surface area (Å²) in [6, 6.07) is 6.96. The van der Waals surface area contributed by atoms with Crippen molar-refractivity contribution in [3.63, 3.8) is 0 Å². The molecule has 15 heavy (non-hydrogen) atoms. The lowest BCUT2D eigenvalue weighted by atomic mass is 9.88. The molecular formula is C14H19Cl. The fraction of sp³-hybridized carbons (Fsp3) is 0.571. The molecule has 0 saturated carbocycles. The number of rotatable bonds is 3. The maximum Gasteiger partial charge on any atom is 0.0294 e. The first-order valence-electron chi connectivity index (χ1n) is 5.90. The number of hydrogen-bond donors (Lipinski definition) is 0. The Labute approximate surface area is 97.6 Å². The quantitative estimate of drug-likeness (QED) is 0.674. The molecule has 1 heteroatoms. The van der Waals surface area contributed by atoms with Crippen molar-refractivity contribution in [2.45, 2.75) is 39.0 Å². The van der Waals surface area contributed by atoms with Gasteiger partial charge in [-0.2, -0.15) is 0 Å². The van der Waals surface area contributed by atoms with Gasteiger partial charge in [-0.3, -0.25) is 0 Å². The van der Waals surface area contributed by atoms with Gasteiger partial charge < -0.3 is 0 Å². The van der Waals surface area contributed by atoms with Gasteiger partial charge in [0.1, 0.15) is 0 Å². The fourth-order valence-corrected chi connectivity index (χ4v) is 3.01. The van der Waals surface area contributed by atoms with E-state index in [0.717, 1.165) is 5.88 Å². The van der Waals surface area contributed by atoms with E-state index in [0.29, 0.717) is 11.8 Å². The van der Waals surface area contributed by atoms with Gasteiger partial charge in [0.15, 0.2) is 0 Å². The SMILES string of the molecule is CC(C)C(CCl)c1ccc2c(c1)CCC2. The van der Waals surface area contributed by atoms with Crippen LogP contribution in [-0.4, -0.2) is 5.88 Å². The van der Waals surface area contributed by atoms with Gasteiger partial charge in [-0.05, 0) is 47.8 Å². The molecule has 0 fully saturated rings. The van der Waals surface area contributed by atoms with E-state index in [1.165, 1.54) is 24.8 Å². The average Bonchev–Trinajstić information content (AvgIpc) is 2.65. The van der Waals surface area contributed by atoms with Gasteiger partial charge in [-0.25, -0.2) is 0 Å². The molecule has 0 aromatic heterocycles. The van der Waals surface area contributed by atoms with E-state index in [2.05, 4.69) is 32.0 Å². The second kappa shape index (κ2) is 4.57. The summed E-state index contributed by atoms with van der Waals surface area (Å²) in [5.74, 6) is 1.87. The van der Waals surface area contributed by atoms with Gasteiger partial charge in [0.2, 0.25) is 0 Å². The predicted octanol–water partition coefficient (Wildman–Crippen LogP) is 4.15. The molecule has 1 aliphatic rings. The number of fused-ring (bicyclic) bond motifs is 1. The molecule has 0 saturated heterocycles. The normalized spacial score (nSPS) is 16.8. The zero-order valence-corrected chi connectivity index (χ0v) is 10.3. The lowest BCUT2D eigenvalue weighted by Gasteiger charge is -2.19. The summed E-state index contributed by atoms with van der Waals surface area (Å²) in [6.07, 6.45) is 3.85. The van der Waals surface area contributed by atoms with E-state index in [9.17, 15) is 0 Å². The monoisotopic (exact) mass is 222 g/mol. The van der Waals surface area contributed by atoms with Gasteiger partial charge >= 0.3 is 0 Å². The molecule has 0 radical (unpaired) electrons. The molecule has 0 nitrogen and oxygen atoms in total. The van der Waals surface area contributed by atoms with Crippen molar-refractivity contribution in [1.82, 2.24) is 0 Å². The summed E-state index contributed by atoms with van der Waals surface area (Å²) in [5.41, 5.74) is 4.54. The molecule has 0 amide bonds. The average molecular weight is 223 g/mol. The fourth-order valence-electron chi connectivity index (χ4n) is 2.47. The van der Waals surface area contributed by atoms with Gasteiger partial charge in [-0.1, -0.05) is 32.0 Å². The summed E-state index contributed by atoms with van der Waals surface area (Å²) >= 11 is 6.05. The highest BCUT2D eigenvalue weighted by Crippen LogP contribution is 2.30. The van der Waals surface area contributed by atoms with E-state index in [1.54, 1.807) is 11.1 Å². The number of halogens is 1. The van der Waals surface area contributed by atoms with Crippen molar-refractivity contribution >= 4 is 11.6 Å². The largest absolute Gasteiger partial charge is 0.126 e. The van der Waals surface area contributed by atoms with Crippen LogP contribution in [0.3, 0.4) is 0 Å². The zero-order chi connectivity index (χ0) is 10.8. The molecule has 2 rings (SSSR count). The van der Waals surface area contributed by atoms with Crippen LogP contribution in [0.1, 0.15) is 42.9 Å². The van der Waals surface area contributed by atoms with Crippen LogP contribution in [-0.2, 0) is 12.8 Å².